The highest BCUT2D eigenvalue weighted by molar-refractivity contribution is 5.63. The van der Waals surface area contributed by atoms with Crippen LogP contribution in [0.25, 0.3) is 0 Å². The van der Waals surface area contributed by atoms with Gasteiger partial charge in [-0.25, -0.2) is 4.39 Å². The van der Waals surface area contributed by atoms with Crippen molar-refractivity contribution >= 4 is 5.69 Å². The first-order chi connectivity index (χ1) is 9.58. The van der Waals surface area contributed by atoms with Crippen LogP contribution >= 0.6 is 0 Å². The molecule has 0 amide bonds. The van der Waals surface area contributed by atoms with E-state index in [1.807, 2.05) is 6.92 Å². The number of fused-ring (bicyclic) bond motifs is 2. The van der Waals surface area contributed by atoms with Gasteiger partial charge in [0.25, 0.3) is 0 Å². The maximum atomic E-state index is 13.2. The second kappa shape index (κ2) is 4.68. The maximum absolute atomic E-state index is 13.2. The fourth-order valence-electron chi connectivity index (χ4n) is 2.16. The number of nitrogen functional groups attached to an aromatic ring is 1. The standard InChI is InChI=1S/C15H14FNO3/c1-8(7-18)10-5-14-15(6-11(10)17)20-13-4-9(16)2-3-12(13)19-14/h2-6,8,18H,7,17H2,1H3. The first-order valence-electron chi connectivity index (χ1n) is 6.28. The molecule has 3 rings (SSSR count). The second-order valence-corrected chi connectivity index (χ2v) is 4.81. The van der Waals surface area contributed by atoms with E-state index in [2.05, 4.69) is 0 Å². The van der Waals surface area contributed by atoms with Crippen molar-refractivity contribution in [1.29, 1.82) is 0 Å². The van der Waals surface area contributed by atoms with Gasteiger partial charge in [-0.05, 0) is 23.8 Å². The van der Waals surface area contributed by atoms with Crippen molar-refractivity contribution in [2.24, 2.45) is 0 Å². The summed E-state index contributed by atoms with van der Waals surface area (Å²) >= 11 is 0. The third kappa shape index (κ3) is 2.06. The molecule has 0 saturated carbocycles. The predicted octanol–water partition coefficient (Wildman–Crippen LogP) is 3.40. The van der Waals surface area contributed by atoms with E-state index in [1.54, 1.807) is 12.1 Å². The van der Waals surface area contributed by atoms with E-state index < -0.39 is 5.82 Å². The van der Waals surface area contributed by atoms with Crippen molar-refractivity contribution in [2.75, 3.05) is 12.3 Å². The van der Waals surface area contributed by atoms with Crippen LogP contribution in [0.2, 0.25) is 0 Å². The fraction of sp³-hybridized carbons (Fsp3) is 0.200. The lowest BCUT2D eigenvalue weighted by Crippen LogP contribution is -2.06. The van der Waals surface area contributed by atoms with Gasteiger partial charge in [0.05, 0.1) is 0 Å². The number of hydrogen-bond acceptors (Lipinski definition) is 4. The lowest BCUT2D eigenvalue weighted by atomic mass is 9.99. The van der Waals surface area contributed by atoms with Crippen molar-refractivity contribution in [1.82, 2.24) is 0 Å². The number of rotatable bonds is 2. The molecular weight excluding hydrogens is 261 g/mol. The van der Waals surface area contributed by atoms with Crippen LogP contribution in [-0.2, 0) is 0 Å². The van der Waals surface area contributed by atoms with Gasteiger partial charge in [0.2, 0.25) is 0 Å². The van der Waals surface area contributed by atoms with Gasteiger partial charge in [0.15, 0.2) is 23.0 Å². The summed E-state index contributed by atoms with van der Waals surface area (Å²) in [6.45, 7) is 1.86. The molecule has 0 fully saturated rings. The fourth-order valence-corrected chi connectivity index (χ4v) is 2.16. The van der Waals surface area contributed by atoms with Crippen molar-refractivity contribution < 1.29 is 19.0 Å². The Hall–Kier alpha value is -2.27. The molecule has 2 aromatic rings. The van der Waals surface area contributed by atoms with E-state index in [9.17, 15) is 9.50 Å². The first-order valence-corrected chi connectivity index (χ1v) is 6.28. The molecule has 3 N–H and O–H groups in total. The normalized spacial score (nSPS) is 13.8. The number of aliphatic hydroxyl groups is 1. The Bertz CT molecular complexity index is 672. The molecule has 0 spiro atoms. The summed E-state index contributed by atoms with van der Waals surface area (Å²) in [7, 11) is 0. The molecule has 0 radical (unpaired) electrons. The van der Waals surface area contributed by atoms with E-state index in [4.69, 9.17) is 15.2 Å². The summed E-state index contributed by atoms with van der Waals surface area (Å²) in [6.07, 6.45) is 0. The minimum absolute atomic E-state index is 0.00829. The highest BCUT2D eigenvalue weighted by Crippen LogP contribution is 2.47. The zero-order valence-corrected chi connectivity index (χ0v) is 10.9. The van der Waals surface area contributed by atoms with Gasteiger partial charge in [-0.1, -0.05) is 6.92 Å². The smallest absolute Gasteiger partial charge is 0.173 e. The molecule has 0 aliphatic carbocycles. The molecule has 1 unspecified atom stereocenters. The van der Waals surface area contributed by atoms with Crippen LogP contribution in [0, 0.1) is 5.82 Å². The molecule has 104 valence electrons. The lowest BCUT2D eigenvalue weighted by molar-refractivity contribution is 0.273. The largest absolute Gasteiger partial charge is 0.449 e. The molecule has 1 aliphatic heterocycles. The summed E-state index contributed by atoms with van der Waals surface area (Å²) in [5, 5.41) is 9.24. The predicted molar refractivity (Wildman–Crippen MR) is 72.9 cm³/mol. The van der Waals surface area contributed by atoms with Crippen LogP contribution in [0.1, 0.15) is 18.4 Å². The number of benzene rings is 2. The van der Waals surface area contributed by atoms with E-state index >= 15 is 0 Å². The highest BCUT2D eigenvalue weighted by Gasteiger charge is 2.22. The maximum Gasteiger partial charge on any atom is 0.173 e. The summed E-state index contributed by atoms with van der Waals surface area (Å²) < 4.78 is 24.5. The van der Waals surface area contributed by atoms with Gasteiger partial charge in [-0.15, -0.1) is 0 Å². The Morgan fingerprint density at radius 2 is 1.75 bits per heavy atom. The monoisotopic (exact) mass is 275 g/mol. The molecule has 2 aromatic carbocycles. The number of halogens is 1. The number of anilines is 1. The van der Waals surface area contributed by atoms with E-state index in [0.717, 1.165) is 5.56 Å². The molecule has 0 saturated heterocycles. The van der Waals surface area contributed by atoms with Gasteiger partial charge in [-0.3, -0.25) is 0 Å². The Kier molecular flexibility index (Phi) is 2.99. The minimum Gasteiger partial charge on any atom is -0.449 e. The molecule has 1 atom stereocenters. The van der Waals surface area contributed by atoms with Crippen LogP contribution in [0.15, 0.2) is 30.3 Å². The molecular formula is C15H14FNO3. The zero-order valence-electron chi connectivity index (χ0n) is 10.9. The van der Waals surface area contributed by atoms with E-state index in [-0.39, 0.29) is 12.5 Å². The molecule has 5 heteroatoms. The summed E-state index contributed by atoms with van der Waals surface area (Å²) in [6, 6.07) is 7.46. The molecule has 0 bridgehead atoms. The third-order valence-corrected chi connectivity index (χ3v) is 3.30. The quantitative estimate of drug-likeness (QED) is 0.703. The molecule has 4 nitrogen and oxygen atoms in total. The molecule has 1 heterocycles. The third-order valence-electron chi connectivity index (χ3n) is 3.30. The van der Waals surface area contributed by atoms with Crippen molar-refractivity contribution in [3.8, 4) is 23.0 Å². The lowest BCUT2D eigenvalue weighted by Gasteiger charge is -2.23. The average molecular weight is 275 g/mol. The van der Waals surface area contributed by atoms with Crippen molar-refractivity contribution in [3.63, 3.8) is 0 Å². The zero-order chi connectivity index (χ0) is 14.3. The average Bonchev–Trinajstić information content (AvgIpc) is 2.43. The topological polar surface area (TPSA) is 64.7 Å². The SMILES string of the molecule is CC(CO)c1cc2c(cc1N)Oc1cc(F)ccc1O2. The number of hydrogen-bond donors (Lipinski definition) is 2. The van der Waals surface area contributed by atoms with Gasteiger partial charge < -0.3 is 20.3 Å². The van der Waals surface area contributed by atoms with Crippen molar-refractivity contribution in [3.05, 3.63) is 41.7 Å². The van der Waals surface area contributed by atoms with Gasteiger partial charge in [0, 0.05) is 30.3 Å². The molecule has 1 aliphatic rings. The summed E-state index contributed by atoms with van der Waals surface area (Å²) in [5.74, 6) is 1.22. The van der Waals surface area contributed by atoms with Crippen LogP contribution < -0.4 is 15.2 Å². The Morgan fingerprint density at radius 3 is 2.50 bits per heavy atom. The summed E-state index contributed by atoms with van der Waals surface area (Å²) in [5.41, 5.74) is 7.25. The van der Waals surface area contributed by atoms with Crippen LogP contribution in [0.4, 0.5) is 10.1 Å². The van der Waals surface area contributed by atoms with Crippen LogP contribution in [0.3, 0.4) is 0 Å². The van der Waals surface area contributed by atoms with Crippen LogP contribution in [-0.4, -0.2) is 11.7 Å². The molecule has 0 aromatic heterocycles. The number of ether oxygens (including phenoxy) is 2. The highest BCUT2D eigenvalue weighted by atomic mass is 19.1. The molecule has 20 heavy (non-hydrogen) atoms. The second-order valence-electron chi connectivity index (χ2n) is 4.81. The Labute approximate surface area is 115 Å². The Morgan fingerprint density at radius 1 is 1.10 bits per heavy atom. The van der Waals surface area contributed by atoms with Gasteiger partial charge >= 0.3 is 0 Å². The van der Waals surface area contributed by atoms with Gasteiger partial charge in [0.1, 0.15) is 5.82 Å². The first kappa shape index (κ1) is 12.7. The summed E-state index contributed by atoms with van der Waals surface area (Å²) in [4.78, 5) is 0. The number of aliphatic hydroxyl groups excluding tert-OH is 1. The van der Waals surface area contributed by atoms with E-state index in [1.165, 1.54) is 18.2 Å². The van der Waals surface area contributed by atoms with Gasteiger partial charge in [-0.2, -0.15) is 0 Å². The Balaban J connectivity index is 2.04. The van der Waals surface area contributed by atoms with Crippen LogP contribution in [0.5, 0.6) is 23.0 Å². The van der Waals surface area contributed by atoms with Crippen molar-refractivity contribution in [2.45, 2.75) is 12.8 Å². The minimum atomic E-state index is -0.394. The number of nitrogens with two attached hydrogens (primary N) is 1. The van der Waals surface area contributed by atoms with E-state index in [0.29, 0.717) is 28.7 Å².